The van der Waals surface area contributed by atoms with E-state index in [0.717, 1.165) is 21.5 Å². The lowest BCUT2D eigenvalue weighted by Crippen LogP contribution is -2.36. The lowest BCUT2D eigenvalue weighted by Gasteiger charge is -2.17. The first-order valence-electron chi connectivity index (χ1n) is 10.8. The molecule has 2 aromatic heterocycles. The summed E-state index contributed by atoms with van der Waals surface area (Å²) in [6.07, 6.45) is -4.47. The second kappa shape index (κ2) is 11.6. The van der Waals surface area contributed by atoms with E-state index in [4.69, 9.17) is 15.2 Å². The van der Waals surface area contributed by atoms with Gasteiger partial charge in [0.15, 0.2) is 24.1 Å². The number of hydrogen-bond donors (Lipinski definition) is 5. The number of rotatable bonds is 2. The number of nitrogen functional groups attached to an aromatic ring is 1. The zero-order valence-corrected chi connectivity index (χ0v) is 19.5. The Hall–Kier alpha value is -2.98. The van der Waals surface area contributed by atoms with Crippen molar-refractivity contribution < 1.29 is 33.6 Å². The summed E-state index contributed by atoms with van der Waals surface area (Å²) in [6.45, 7) is 7.26. The third kappa shape index (κ3) is 6.18. The topological polar surface area (TPSA) is 195 Å². The highest BCUT2D eigenvalue weighted by Crippen LogP contribution is 2.28. The lowest BCUT2D eigenvalue weighted by atomic mass is 10.1. The molecule has 2 aromatic rings. The van der Waals surface area contributed by atoms with Gasteiger partial charge in [0.1, 0.15) is 18.3 Å². The van der Waals surface area contributed by atoms with Crippen LogP contribution in [0.2, 0.25) is 0 Å². The molecular formula is C20H29F2N5O8. The normalized spacial score (nSPS) is 29.7. The largest absolute Gasteiger partial charge is 0.388 e. The van der Waals surface area contributed by atoms with Crippen LogP contribution in [0, 0.1) is 11.6 Å². The third-order valence-corrected chi connectivity index (χ3v) is 5.16. The minimum absolute atomic E-state index is 0.220. The van der Waals surface area contributed by atoms with E-state index in [1.165, 1.54) is 6.92 Å². The van der Waals surface area contributed by atoms with Crippen molar-refractivity contribution in [1.29, 1.82) is 0 Å². The van der Waals surface area contributed by atoms with Gasteiger partial charge in [-0.1, -0.05) is 13.8 Å². The van der Waals surface area contributed by atoms with Crippen LogP contribution in [0.3, 0.4) is 0 Å². The molecule has 2 aliphatic rings. The number of anilines is 1. The number of nitrogens with one attached hydrogen (secondary N) is 1. The fraction of sp³-hybridized carbons (Fsp3) is 0.600. The van der Waals surface area contributed by atoms with Crippen molar-refractivity contribution in [2.75, 3.05) is 5.73 Å². The van der Waals surface area contributed by atoms with Crippen LogP contribution in [0.5, 0.6) is 0 Å². The maximum absolute atomic E-state index is 13.2. The first-order valence-corrected chi connectivity index (χ1v) is 10.8. The first-order chi connectivity index (χ1) is 16.4. The Labute approximate surface area is 197 Å². The minimum Gasteiger partial charge on any atom is -0.388 e. The van der Waals surface area contributed by atoms with Crippen molar-refractivity contribution in [3.05, 3.63) is 55.4 Å². The quantitative estimate of drug-likeness (QED) is 0.337. The predicted octanol–water partition coefficient (Wildman–Crippen LogP) is -1.03. The summed E-state index contributed by atoms with van der Waals surface area (Å²) in [5.41, 5.74) is 2.39. The molecule has 13 nitrogen and oxygen atoms in total. The Bertz CT molecular complexity index is 1190. The molecule has 0 bridgehead atoms. The zero-order chi connectivity index (χ0) is 26.6. The van der Waals surface area contributed by atoms with Crippen molar-refractivity contribution in [2.24, 2.45) is 0 Å². The molecule has 2 fully saturated rings. The minimum atomic E-state index is -1.33. The molecule has 0 aliphatic carbocycles. The molecule has 15 heteroatoms. The second-order valence-electron chi connectivity index (χ2n) is 7.66. The molecule has 0 saturated carbocycles. The van der Waals surface area contributed by atoms with Crippen molar-refractivity contribution in [3.63, 3.8) is 0 Å². The Kier molecular flexibility index (Phi) is 9.39. The highest BCUT2D eigenvalue weighted by Gasteiger charge is 2.42. The summed E-state index contributed by atoms with van der Waals surface area (Å²) in [4.78, 5) is 38.7. The highest BCUT2D eigenvalue weighted by molar-refractivity contribution is 5.26. The average molecular weight is 505 g/mol. The number of H-pyrrole nitrogens is 1. The van der Waals surface area contributed by atoms with Gasteiger partial charge in [-0.25, -0.2) is 14.0 Å². The molecule has 4 heterocycles. The molecule has 196 valence electrons. The van der Waals surface area contributed by atoms with Crippen LogP contribution in [-0.4, -0.2) is 64.9 Å². The number of hydrogen-bond acceptors (Lipinski definition) is 10. The van der Waals surface area contributed by atoms with E-state index in [-0.39, 0.29) is 6.10 Å². The van der Waals surface area contributed by atoms with Gasteiger partial charge in [-0.2, -0.15) is 9.37 Å². The summed E-state index contributed by atoms with van der Waals surface area (Å²) in [5, 5.41) is 28.7. The number of aromatic amines is 1. The monoisotopic (exact) mass is 505 g/mol. The van der Waals surface area contributed by atoms with E-state index in [1.807, 2.05) is 13.8 Å². The third-order valence-electron chi connectivity index (χ3n) is 5.16. The molecule has 0 radical (unpaired) electrons. The van der Waals surface area contributed by atoms with E-state index in [0.29, 0.717) is 6.42 Å². The maximum atomic E-state index is 13.2. The van der Waals surface area contributed by atoms with E-state index < -0.39 is 71.3 Å². The van der Waals surface area contributed by atoms with Crippen LogP contribution in [0.15, 0.2) is 26.8 Å². The fourth-order valence-electron chi connectivity index (χ4n) is 3.44. The first kappa shape index (κ1) is 28.3. The standard InChI is InChI=1S/C9H12FN3O4.C9H11FN2O4.C2H6/c1-3-5(14)6(15)8(17-3)13-2-4(10)7(11)12-9(13)16;1-4-2-6(13)8(16-4)12-3-5(10)7(14)11-9(12)15;1-2/h2-3,5-6,8,14-15H,1H3,(H2,11,12,16);3-4,6,8,13H,2H2,1H3,(H,11,14,15);1-2H3/t3-,5-,6-,8-;4-,6-,8-;/m11./s1. The van der Waals surface area contributed by atoms with Crippen molar-refractivity contribution in [2.45, 2.75) is 77.1 Å². The summed E-state index contributed by atoms with van der Waals surface area (Å²) in [5.74, 6) is -2.50. The van der Waals surface area contributed by atoms with Crippen LogP contribution < -0.4 is 22.7 Å². The number of halogens is 2. The van der Waals surface area contributed by atoms with E-state index >= 15 is 0 Å². The second-order valence-corrected chi connectivity index (χ2v) is 7.66. The Morgan fingerprint density at radius 3 is 2.11 bits per heavy atom. The summed E-state index contributed by atoms with van der Waals surface area (Å²) in [7, 11) is 0. The Balaban J connectivity index is 0.000000231. The van der Waals surface area contributed by atoms with Crippen LogP contribution >= 0.6 is 0 Å². The van der Waals surface area contributed by atoms with Crippen LogP contribution in [0.25, 0.3) is 0 Å². The van der Waals surface area contributed by atoms with Crippen molar-refractivity contribution in [1.82, 2.24) is 19.1 Å². The predicted molar refractivity (Wildman–Crippen MR) is 117 cm³/mol. The number of aromatic nitrogens is 4. The molecule has 2 saturated heterocycles. The molecule has 4 rings (SSSR count). The van der Waals surface area contributed by atoms with E-state index in [2.05, 4.69) is 4.98 Å². The maximum Gasteiger partial charge on any atom is 0.351 e. The molecule has 0 amide bonds. The number of aliphatic hydroxyl groups excluding tert-OH is 3. The number of aliphatic hydroxyl groups is 3. The smallest absolute Gasteiger partial charge is 0.351 e. The fourth-order valence-corrected chi connectivity index (χ4v) is 3.44. The van der Waals surface area contributed by atoms with Crippen molar-refractivity contribution >= 4 is 5.82 Å². The molecule has 35 heavy (non-hydrogen) atoms. The zero-order valence-electron chi connectivity index (χ0n) is 19.5. The number of ether oxygens (including phenoxy) is 2. The summed E-state index contributed by atoms with van der Waals surface area (Å²) < 4.78 is 38.2. The van der Waals surface area contributed by atoms with Gasteiger partial charge in [0.05, 0.1) is 24.6 Å². The van der Waals surface area contributed by atoms with Crippen molar-refractivity contribution in [3.8, 4) is 0 Å². The van der Waals surface area contributed by atoms with E-state index in [9.17, 15) is 38.5 Å². The van der Waals surface area contributed by atoms with E-state index in [1.54, 1.807) is 11.9 Å². The van der Waals surface area contributed by atoms with Crippen LogP contribution in [0.1, 0.15) is 46.6 Å². The van der Waals surface area contributed by atoms with Crippen LogP contribution in [0.4, 0.5) is 14.6 Å². The van der Waals surface area contributed by atoms with Gasteiger partial charge in [-0.05, 0) is 13.8 Å². The van der Waals surface area contributed by atoms with Gasteiger partial charge in [0.2, 0.25) is 5.82 Å². The van der Waals surface area contributed by atoms with Gasteiger partial charge in [-0.3, -0.25) is 18.9 Å². The highest BCUT2D eigenvalue weighted by atomic mass is 19.1. The number of nitrogens with zero attached hydrogens (tertiary/aromatic N) is 3. The Morgan fingerprint density at radius 1 is 1.00 bits per heavy atom. The molecule has 7 atom stereocenters. The average Bonchev–Trinajstić information content (AvgIpc) is 3.27. The van der Waals surface area contributed by atoms with Gasteiger partial charge < -0.3 is 30.5 Å². The van der Waals surface area contributed by atoms with Crippen LogP contribution in [-0.2, 0) is 9.47 Å². The molecule has 2 aliphatic heterocycles. The summed E-state index contributed by atoms with van der Waals surface area (Å²) in [6, 6.07) is 0. The molecule has 0 unspecified atom stereocenters. The van der Waals surface area contributed by atoms with Gasteiger partial charge in [0, 0.05) is 6.42 Å². The number of nitrogens with two attached hydrogens (primary N) is 1. The van der Waals surface area contributed by atoms with Gasteiger partial charge in [-0.15, -0.1) is 0 Å². The molecular weight excluding hydrogens is 476 g/mol. The molecule has 0 spiro atoms. The molecule has 0 aromatic carbocycles. The summed E-state index contributed by atoms with van der Waals surface area (Å²) >= 11 is 0. The van der Waals surface area contributed by atoms with Gasteiger partial charge >= 0.3 is 11.4 Å². The Morgan fingerprint density at radius 2 is 1.60 bits per heavy atom. The SMILES string of the molecule is CC.C[C@@H]1C[C@@H](O)[C@H](n2cc(F)c(=O)[nH]c2=O)O1.C[C@H]1O[C@@H](n2cc(F)c(N)nc2=O)[C@H](O)[C@@H]1O. The van der Waals surface area contributed by atoms with Gasteiger partial charge in [0.25, 0.3) is 5.56 Å². The lowest BCUT2D eigenvalue weighted by molar-refractivity contribution is -0.0355. The molecule has 6 N–H and O–H groups in total.